The van der Waals surface area contributed by atoms with Crippen LogP contribution in [0, 0.1) is 18.3 Å². The molecule has 9 heteroatoms. The van der Waals surface area contributed by atoms with Gasteiger partial charge >= 0.3 is 5.97 Å². The Kier molecular flexibility index (Phi) is 8.05. The van der Waals surface area contributed by atoms with E-state index in [1.54, 1.807) is 30.3 Å². The summed E-state index contributed by atoms with van der Waals surface area (Å²) in [5, 5.41) is 9.05. The van der Waals surface area contributed by atoms with Gasteiger partial charge in [0.1, 0.15) is 4.90 Å². The molecule has 8 nitrogen and oxygen atoms in total. The zero-order chi connectivity index (χ0) is 23.0. The van der Waals surface area contributed by atoms with Crippen LogP contribution in [0.2, 0.25) is 0 Å². The normalized spacial score (nSPS) is 11.1. The van der Waals surface area contributed by atoms with Crippen molar-refractivity contribution < 1.29 is 27.4 Å². The van der Waals surface area contributed by atoms with Crippen LogP contribution in [0.1, 0.15) is 17.5 Å². The van der Waals surface area contributed by atoms with E-state index in [0.29, 0.717) is 11.3 Å². The van der Waals surface area contributed by atoms with E-state index in [4.69, 9.17) is 14.7 Å². The highest BCUT2D eigenvalue weighted by Crippen LogP contribution is 2.38. The predicted octanol–water partition coefficient (Wildman–Crippen LogP) is 3.31. The first-order valence-corrected chi connectivity index (χ1v) is 10.7. The lowest BCUT2D eigenvalue weighted by molar-refractivity contribution is -0.134. The van der Waals surface area contributed by atoms with E-state index in [1.165, 1.54) is 39.5 Å². The fourth-order valence-corrected chi connectivity index (χ4v) is 4.51. The molecule has 0 spiro atoms. The number of rotatable bonds is 9. The smallest absolute Gasteiger partial charge is 0.330 e. The number of aryl methyl sites for hydroxylation is 1. The highest BCUT2D eigenvalue weighted by molar-refractivity contribution is 7.93. The van der Waals surface area contributed by atoms with Crippen LogP contribution in [-0.2, 0) is 19.6 Å². The summed E-state index contributed by atoms with van der Waals surface area (Å²) < 4.78 is 43.8. The molecule has 0 amide bonds. The van der Waals surface area contributed by atoms with Crippen LogP contribution in [-0.4, -0.2) is 42.3 Å². The van der Waals surface area contributed by atoms with Gasteiger partial charge in [-0.15, -0.1) is 0 Å². The Bertz CT molecular complexity index is 1100. The second kappa shape index (κ2) is 10.5. The molecule has 2 aromatic rings. The first kappa shape index (κ1) is 23.8. The maximum atomic E-state index is 13.7. The van der Waals surface area contributed by atoms with Crippen molar-refractivity contribution in [3.63, 3.8) is 0 Å². The minimum Gasteiger partial charge on any atom is -0.493 e. The Balaban J connectivity index is 2.69. The molecule has 0 aliphatic heterocycles. The first-order chi connectivity index (χ1) is 14.8. The number of ether oxygens (including phenoxy) is 3. The van der Waals surface area contributed by atoms with Crippen LogP contribution in [0.4, 0.5) is 5.69 Å². The number of nitrogens with zero attached hydrogens (tertiary/aromatic N) is 2. The summed E-state index contributed by atoms with van der Waals surface area (Å²) in [7, 11) is -0.188. The largest absolute Gasteiger partial charge is 0.493 e. The van der Waals surface area contributed by atoms with Crippen molar-refractivity contribution in [2.24, 2.45) is 0 Å². The quantitative estimate of drug-likeness (QED) is 0.431. The molecule has 0 bridgehead atoms. The van der Waals surface area contributed by atoms with Crippen molar-refractivity contribution in [2.75, 3.05) is 32.2 Å². The Labute approximate surface area is 182 Å². The molecular weight excluding hydrogens is 420 g/mol. The Morgan fingerprint density at radius 3 is 2.35 bits per heavy atom. The van der Waals surface area contributed by atoms with Crippen molar-refractivity contribution in [1.82, 2.24) is 0 Å². The van der Waals surface area contributed by atoms with Gasteiger partial charge in [0, 0.05) is 12.6 Å². The fraction of sp³-hybridized carbons (Fsp3) is 0.273. The van der Waals surface area contributed by atoms with Crippen LogP contribution >= 0.6 is 0 Å². The average molecular weight is 445 g/mol. The number of esters is 1. The molecule has 0 heterocycles. The third-order valence-corrected chi connectivity index (χ3v) is 6.23. The number of carbonyl (C=O) groups excluding carboxylic acids is 1. The summed E-state index contributed by atoms with van der Waals surface area (Å²) in [4.78, 5) is 11.3. The lowest BCUT2D eigenvalue weighted by Crippen LogP contribution is -2.32. The van der Waals surface area contributed by atoms with Crippen molar-refractivity contribution >= 4 is 27.8 Å². The monoisotopic (exact) mass is 444 g/mol. The van der Waals surface area contributed by atoms with Crippen LogP contribution < -0.4 is 13.8 Å². The van der Waals surface area contributed by atoms with E-state index in [-0.39, 0.29) is 29.4 Å². The Morgan fingerprint density at radius 2 is 1.81 bits per heavy atom. The molecule has 0 aliphatic rings. The van der Waals surface area contributed by atoms with Gasteiger partial charge in [0.25, 0.3) is 10.0 Å². The highest BCUT2D eigenvalue weighted by atomic mass is 32.2. The van der Waals surface area contributed by atoms with Crippen molar-refractivity contribution in [1.29, 1.82) is 5.26 Å². The Morgan fingerprint density at radius 1 is 1.13 bits per heavy atom. The zero-order valence-electron chi connectivity index (χ0n) is 17.8. The lowest BCUT2D eigenvalue weighted by Gasteiger charge is -2.25. The number of carbonyl (C=O) groups is 1. The molecule has 0 radical (unpaired) electrons. The van der Waals surface area contributed by atoms with Gasteiger partial charge in [0.2, 0.25) is 0 Å². The topological polar surface area (TPSA) is 106 Å². The SMILES string of the molecule is COC(=O)/C=C/c1cc(OC)c(OC)c(S(=O)(=O)N(CCC#N)c2ccc(C)cc2)c1. The van der Waals surface area contributed by atoms with Gasteiger partial charge in [-0.1, -0.05) is 17.7 Å². The Hall–Kier alpha value is -3.51. The standard InChI is InChI=1S/C22H24N2O6S/c1-16-6-9-18(10-7-16)24(13-5-12-23)31(26,27)20-15-17(8-11-21(25)29-3)14-19(28-2)22(20)30-4/h6-11,14-15H,5,13H2,1-4H3/b11-8+. The molecule has 2 aromatic carbocycles. The van der Waals surface area contributed by atoms with Gasteiger partial charge in [-0.25, -0.2) is 13.2 Å². The van der Waals surface area contributed by atoms with Crippen LogP contribution in [0.3, 0.4) is 0 Å². The minimum atomic E-state index is -4.15. The van der Waals surface area contributed by atoms with Crippen LogP contribution in [0.25, 0.3) is 6.08 Å². The van der Waals surface area contributed by atoms with E-state index in [1.807, 2.05) is 13.0 Å². The van der Waals surface area contributed by atoms with Crippen LogP contribution in [0.15, 0.2) is 47.4 Å². The molecule has 0 aromatic heterocycles. The molecule has 0 aliphatic carbocycles. The number of methoxy groups -OCH3 is 3. The minimum absolute atomic E-state index is 0.00547. The summed E-state index contributed by atoms with van der Waals surface area (Å²) >= 11 is 0. The van der Waals surface area contributed by atoms with Gasteiger partial charge < -0.3 is 14.2 Å². The molecule has 0 saturated carbocycles. The molecule has 31 heavy (non-hydrogen) atoms. The van der Waals surface area contributed by atoms with Gasteiger partial charge in [0.15, 0.2) is 11.5 Å². The summed E-state index contributed by atoms with van der Waals surface area (Å²) in [5.74, 6) is -0.390. The van der Waals surface area contributed by atoms with E-state index in [0.717, 1.165) is 9.87 Å². The van der Waals surface area contributed by atoms with Gasteiger partial charge in [-0.2, -0.15) is 5.26 Å². The van der Waals surface area contributed by atoms with Crippen molar-refractivity contribution in [2.45, 2.75) is 18.2 Å². The number of anilines is 1. The van der Waals surface area contributed by atoms with Gasteiger partial charge in [-0.3, -0.25) is 4.31 Å². The number of nitriles is 1. The summed E-state index contributed by atoms with van der Waals surface area (Å²) in [6.45, 7) is 1.85. The number of benzene rings is 2. The summed E-state index contributed by atoms with van der Waals surface area (Å²) in [6, 6.07) is 11.8. The molecule has 0 N–H and O–H groups in total. The van der Waals surface area contributed by atoms with E-state index >= 15 is 0 Å². The summed E-state index contributed by atoms with van der Waals surface area (Å²) in [5.41, 5.74) is 1.78. The molecule has 0 atom stereocenters. The number of hydrogen-bond acceptors (Lipinski definition) is 7. The molecule has 164 valence electrons. The summed E-state index contributed by atoms with van der Waals surface area (Å²) in [6.07, 6.45) is 2.58. The number of sulfonamides is 1. The molecule has 2 rings (SSSR count). The maximum absolute atomic E-state index is 13.7. The molecule has 0 unspecified atom stereocenters. The van der Waals surface area contributed by atoms with Gasteiger partial charge in [-0.05, 0) is 42.8 Å². The fourth-order valence-electron chi connectivity index (χ4n) is 2.84. The third-order valence-electron chi connectivity index (χ3n) is 4.40. The maximum Gasteiger partial charge on any atom is 0.330 e. The average Bonchev–Trinajstić information content (AvgIpc) is 2.77. The van der Waals surface area contributed by atoms with Crippen LogP contribution in [0.5, 0.6) is 11.5 Å². The molecule has 0 fully saturated rings. The molecule has 0 saturated heterocycles. The van der Waals surface area contributed by atoms with Gasteiger partial charge in [0.05, 0.1) is 39.5 Å². The lowest BCUT2D eigenvalue weighted by atomic mass is 10.2. The van der Waals surface area contributed by atoms with Crippen molar-refractivity contribution in [3.05, 3.63) is 53.6 Å². The third kappa shape index (κ3) is 5.55. The second-order valence-corrected chi connectivity index (χ2v) is 8.26. The van der Waals surface area contributed by atoms with E-state index in [2.05, 4.69) is 4.74 Å². The van der Waals surface area contributed by atoms with E-state index < -0.39 is 16.0 Å². The van der Waals surface area contributed by atoms with E-state index in [9.17, 15) is 13.2 Å². The number of hydrogen-bond donors (Lipinski definition) is 0. The predicted molar refractivity (Wildman–Crippen MR) is 117 cm³/mol. The molecular formula is C22H24N2O6S. The zero-order valence-corrected chi connectivity index (χ0v) is 18.6. The first-order valence-electron chi connectivity index (χ1n) is 9.27. The highest BCUT2D eigenvalue weighted by Gasteiger charge is 2.30. The second-order valence-electron chi connectivity index (χ2n) is 6.43. The van der Waals surface area contributed by atoms with Crippen molar-refractivity contribution in [3.8, 4) is 17.6 Å².